The zero-order chi connectivity index (χ0) is 16.4. The fourth-order valence-corrected chi connectivity index (χ4v) is 3.34. The van der Waals surface area contributed by atoms with Crippen LogP contribution in [0.5, 0.6) is 0 Å². The average molecular weight is 331 g/mol. The van der Waals surface area contributed by atoms with Crippen molar-refractivity contribution in [2.45, 2.75) is 19.2 Å². The first-order chi connectivity index (χ1) is 11.0. The van der Waals surface area contributed by atoms with Crippen molar-refractivity contribution in [3.05, 3.63) is 65.2 Å². The number of hydrogen-bond donors (Lipinski definition) is 1. The molecule has 1 aromatic heterocycles. The summed E-state index contributed by atoms with van der Waals surface area (Å²) in [5.74, 6) is 1.02. The van der Waals surface area contributed by atoms with E-state index in [1.807, 2.05) is 31.2 Å². The van der Waals surface area contributed by atoms with E-state index in [2.05, 4.69) is 5.32 Å². The minimum absolute atomic E-state index is 0.270. The summed E-state index contributed by atoms with van der Waals surface area (Å²) in [5, 5.41) is 4.09. The van der Waals surface area contributed by atoms with Crippen LogP contribution in [0.4, 0.5) is 10.1 Å². The summed E-state index contributed by atoms with van der Waals surface area (Å²) in [6.45, 7) is 2.52. The number of rotatable bonds is 5. The molecule has 23 heavy (non-hydrogen) atoms. The van der Waals surface area contributed by atoms with Crippen LogP contribution in [0.1, 0.15) is 16.9 Å². The molecule has 0 radical (unpaired) electrons. The minimum Gasteiger partial charge on any atom is -0.459 e. The molecule has 2 aromatic carbocycles. The lowest BCUT2D eigenvalue weighted by atomic mass is 10.1. The molecule has 0 aliphatic rings. The molecule has 0 saturated carbocycles. The molecule has 3 rings (SSSR count). The monoisotopic (exact) mass is 331 g/mol. The highest BCUT2D eigenvalue weighted by atomic mass is 32.2. The summed E-state index contributed by atoms with van der Waals surface area (Å²) in [4.78, 5) is 0. The summed E-state index contributed by atoms with van der Waals surface area (Å²) in [7, 11) is -0.870. The Labute approximate surface area is 137 Å². The van der Waals surface area contributed by atoms with Gasteiger partial charge >= 0.3 is 0 Å². The standard InChI is InChI=1S/C18H18FNO2S/c1-12-13(11-23(2)21)4-3-5-17(12)20-10-16-9-14-8-15(19)6-7-18(14)22-16/h3-9,20H,10-11H2,1-2H3. The van der Waals surface area contributed by atoms with Crippen molar-refractivity contribution in [1.29, 1.82) is 0 Å². The van der Waals surface area contributed by atoms with Gasteiger partial charge in [0.25, 0.3) is 0 Å². The van der Waals surface area contributed by atoms with E-state index >= 15 is 0 Å². The molecule has 5 heteroatoms. The lowest BCUT2D eigenvalue weighted by Gasteiger charge is -2.12. The van der Waals surface area contributed by atoms with Gasteiger partial charge in [0.15, 0.2) is 0 Å². The lowest BCUT2D eigenvalue weighted by molar-refractivity contribution is 0.558. The Bertz CT molecular complexity index is 873. The predicted octanol–water partition coefficient (Wildman–Crippen LogP) is 4.37. The van der Waals surface area contributed by atoms with Crippen molar-refractivity contribution in [1.82, 2.24) is 0 Å². The van der Waals surface area contributed by atoms with Crippen LogP contribution in [0.25, 0.3) is 11.0 Å². The normalized spacial score (nSPS) is 12.5. The van der Waals surface area contributed by atoms with Crippen LogP contribution in [-0.4, -0.2) is 10.5 Å². The maximum Gasteiger partial charge on any atom is 0.134 e. The molecule has 0 amide bonds. The summed E-state index contributed by atoms with van der Waals surface area (Å²) < 4.78 is 30.3. The van der Waals surface area contributed by atoms with Gasteiger partial charge in [-0.3, -0.25) is 4.21 Å². The molecule has 1 N–H and O–H groups in total. The second-order valence-corrected chi connectivity index (χ2v) is 6.99. The fourth-order valence-electron chi connectivity index (χ4n) is 2.59. The first kappa shape index (κ1) is 15.7. The SMILES string of the molecule is Cc1c(CS(C)=O)cccc1NCc1cc2cc(F)ccc2o1. The quantitative estimate of drug-likeness (QED) is 0.755. The fraction of sp³-hybridized carbons (Fsp3) is 0.222. The third kappa shape index (κ3) is 3.62. The Kier molecular flexibility index (Phi) is 4.48. The molecule has 0 bridgehead atoms. The van der Waals surface area contributed by atoms with E-state index in [1.165, 1.54) is 12.1 Å². The largest absolute Gasteiger partial charge is 0.459 e. The third-order valence-corrected chi connectivity index (χ3v) is 4.50. The number of fused-ring (bicyclic) bond motifs is 1. The smallest absolute Gasteiger partial charge is 0.134 e. The Morgan fingerprint density at radius 2 is 2.04 bits per heavy atom. The topological polar surface area (TPSA) is 42.2 Å². The molecule has 0 saturated heterocycles. The van der Waals surface area contributed by atoms with Gasteiger partial charge in [-0.15, -0.1) is 0 Å². The molecule has 120 valence electrons. The van der Waals surface area contributed by atoms with Crippen LogP contribution in [0.3, 0.4) is 0 Å². The van der Waals surface area contributed by atoms with Crippen LogP contribution in [0.2, 0.25) is 0 Å². The van der Waals surface area contributed by atoms with Crippen molar-refractivity contribution in [3.8, 4) is 0 Å². The van der Waals surface area contributed by atoms with E-state index < -0.39 is 10.8 Å². The first-order valence-corrected chi connectivity index (χ1v) is 9.06. The van der Waals surface area contributed by atoms with Gasteiger partial charge in [-0.2, -0.15) is 0 Å². The lowest BCUT2D eigenvalue weighted by Crippen LogP contribution is -2.03. The van der Waals surface area contributed by atoms with Crippen LogP contribution in [-0.2, 0) is 23.1 Å². The highest BCUT2D eigenvalue weighted by molar-refractivity contribution is 7.83. The second-order valence-electron chi connectivity index (χ2n) is 5.56. The molecule has 3 nitrogen and oxygen atoms in total. The minimum atomic E-state index is -0.870. The van der Waals surface area contributed by atoms with Crippen molar-refractivity contribution < 1.29 is 13.0 Å². The third-order valence-electron chi connectivity index (χ3n) is 3.79. The number of benzene rings is 2. The van der Waals surface area contributed by atoms with Crippen LogP contribution in [0.15, 0.2) is 46.9 Å². The number of furan rings is 1. The van der Waals surface area contributed by atoms with Crippen LogP contribution >= 0.6 is 0 Å². The van der Waals surface area contributed by atoms with E-state index in [0.29, 0.717) is 17.9 Å². The molecule has 0 aliphatic carbocycles. The summed E-state index contributed by atoms with van der Waals surface area (Å²) in [6, 6.07) is 12.3. The predicted molar refractivity (Wildman–Crippen MR) is 92.4 cm³/mol. The van der Waals surface area contributed by atoms with E-state index in [0.717, 1.165) is 28.0 Å². The van der Waals surface area contributed by atoms with Gasteiger partial charge in [-0.25, -0.2) is 4.39 Å². The maximum absolute atomic E-state index is 13.2. The molecule has 1 atom stereocenters. The van der Waals surface area contributed by atoms with Gasteiger partial charge in [-0.05, 0) is 48.4 Å². The Morgan fingerprint density at radius 1 is 1.22 bits per heavy atom. The summed E-state index contributed by atoms with van der Waals surface area (Å²) in [5.41, 5.74) is 3.82. The molecular formula is C18H18FNO2S. The first-order valence-electron chi connectivity index (χ1n) is 7.33. The summed E-state index contributed by atoms with van der Waals surface area (Å²) >= 11 is 0. The average Bonchev–Trinajstić information content (AvgIpc) is 2.89. The molecule has 3 aromatic rings. The number of nitrogens with one attached hydrogen (secondary N) is 1. The van der Waals surface area contributed by atoms with Gasteiger partial charge in [0.1, 0.15) is 17.2 Å². The van der Waals surface area contributed by atoms with Gasteiger partial charge in [0.2, 0.25) is 0 Å². The Morgan fingerprint density at radius 3 is 2.83 bits per heavy atom. The van der Waals surface area contributed by atoms with Gasteiger partial charge in [0, 0.05) is 33.9 Å². The molecular weight excluding hydrogens is 313 g/mol. The zero-order valence-electron chi connectivity index (χ0n) is 13.1. The van der Waals surface area contributed by atoms with Crippen LogP contribution in [0, 0.1) is 12.7 Å². The number of hydrogen-bond acceptors (Lipinski definition) is 3. The molecule has 0 spiro atoms. The van der Waals surface area contributed by atoms with Gasteiger partial charge in [-0.1, -0.05) is 12.1 Å². The Hall–Kier alpha value is -2.14. The number of halogens is 1. The highest BCUT2D eigenvalue weighted by Gasteiger charge is 2.08. The van der Waals surface area contributed by atoms with E-state index in [9.17, 15) is 8.60 Å². The second kappa shape index (κ2) is 6.54. The van der Waals surface area contributed by atoms with E-state index in [4.69, 9.17) is 4.42 Å². The Balaban J connectivity index is 1.78. The van der Waals surface area contributed by atoms with Gasteiger partial charge < -0.3 is 9.73 Å². The van der Waals surface area contributed by atoms with Crippen molar-refractivity contribution in [3.63, 3.8) is 0 Å². The van der Waals surface area contributed by atoms with E-state index in [1.54, 1.807) is 12.3 Å². The molecule has 0 fully saturated rings. The molecule has 0 aliphatic heterocycles. The van der Waals surface area contributed by atoms with Gasteiger partial charge in [0.05, 0.1) is 6.54 Å². The van der Waals surface area contributed by atoms with Crippen molar-refractivity contribution in [2.75, 3.05) is 11.6 Å². The van der Waals surface area contributed by atoms with Crippen molar-refractivity contribution in [2.24, 2.45) is 0 Å². The van der Waals surface area contributed by atoms with E-state index in [-0.39, 0.29) is 5.82 Å². The number of anilines is 1. The molecule has 1 unspecified atom stereocenters. The summed E-state index contributed by atoms with van der Waals surface area (Å²) in [6.07, 6.45) is 1.70. The van der Waals surface area contributed by atoms with Crippen LogP contribution < -0.4 is 5.32 Å². The zero-order valence-corrected chi connectivity index (χ0v) is 13.9. The maximum atomic E-state index is 13.2. The highest BCUT2D eigenvalue weighted by Crippen LogP contribution is 2.23. The van der Waals surface area contributed by atoms with Crippen molar-refractivity contribution >= 4 is 27.5 Å². The molecule has 1 heterocycles.